The highest BCUT2D eigenvalue weighted by Crippen LogP contribution is 2.33. The lowest BCUT2D eigenvalue weighted by molar-refractivity contribution is -0.138. The van der Waals surface area contributed by atoms with E-state index in [2.05, 4.69) is 5.32 Å². The lowest BCUT2D eigenvalue weighted by Gasteiger charge is -2.43. The van der Waals surface area contributed by atoms with Crippen molar-refractivity contribution in [3.8, 4) is 5.75 Å². The first-order valence-electron chi connectivity index (χ1n) is 10.0. The molecule has 1 saturated heterocycles. The van der Waals surface area contributed by atoms with Gasteiger partial charge in [-0.15, -0.1) is 0 Å². The van der Waals surface area contributed by atoms with E-state index in [-0.39, 0.29) is 17.7 Å². The second-order valence-corrected chi connectivity index (χ2v) is 7.70. The molecule has 0 aliphatic carbocycles. The molecule has 5 nitrogen and oxygen atoms in total. The number of nitrogens with one attached hydrogen (secondary N) is 1. The Bertz CT molecular complexity index is 867. The molecule has 2 amide bonds. The largest absolute Gasteiger partial charge is 0.483 e. The van der Waals surface area contributed by atoms with Gasteiger partial charge in [0.1, 0.15) is 11.4 Å². The Kier molecular flexibility index (Phi) is 5.07. The summed E-state index contributed by atoms with van der Waals surface area (Å²) in [6.07, 6.45) is 2.43. The van der Waals surface area contributed by atoms with Crippen LogP contribution >= 0.6 is 0 Å². The van der Waals surface area contributed by atoms with E-state index in [1.165, 1.54) is 0 Å². The molecule has 146 valence electrons. The first-order chi connectivity index (χ1) is 13.6. The van der Waals surface area contributed by atoms with E-state index < -0.39 is 5.60 Å². The number of amides is 2. The second-order valence-electron chi connectivity index (χ2n) is 7.70. The van der Waals surface area contributed by atoms with Crippen LogP contribution in [0.2, 0.25) is 0 Å². The summed E-state index contributed by atoms with van der Waals surface area (Å²) in [6.45, 7) is 3.67. The molecule has 1 fully saturated rings. The van der Waals surface area contributed by atoms with Crippen molar-refractivity contribution in [3.63, 3.8) is 0 Å². The molecule has 2 heterocycles. The van der Waals surface area contributed by atoms with Crippen LogP contribution in [0.5, 0.6) is 5.75 Å². The zero-order chi connectivity index (χ0) is 19.6. The van der Waals surface area contributed by atoms with E-state index in [9.17, 15) is 9.59 Å². The maximum absolute atomic E-state index is 13.3. The van der Waals surface area contributed by atoms with Gasteiger partial charge in [-0.25, -0.2) is 0 Å². The summed E-state index contributed by atoms with van der Waals surface area (Å²) in [5, 5.41) is 2.99. The van der Waals surface area contributed by atoms with Crippen LogP contribution in [-0.4, -0.2) is 41.9 Å². The number of fused-ring (bicyclic) bond motifs is 1. The number of hydrogen-bond donors (Lipinski definition) is 1. The summed E-state index contributed by atoms with van der Waals surface area (Å²) < 4.78 is 6.38. The van der Waals surface area contributed by atoms with E-state index in [4.69, 9.17) is 4.74 Å². The van der Waals surface area contributed by atoms with Gasteiger partial charge in [-0.1, -0.05) is 49.4 Å². The summed E-state index contributed by atoms with van der Waals surface area (Å²) in [7, 11) is 0. The fourth-order valence-electron chi connectivity index (χ4n) is 4.32. The molecule has 2 aromatic rings. The predicted molar refractivity (Wildman–Crippen MR) is 107 cm³/mol. The van der Waals surface area contributed by atoms with Crippen molar-refractivity contribution < 1.29 is 14.3 Å². The highest BCUT2D eigenvalue weighted by Gasteiger charge is 2.43. The van der Waals surface area contributed by atoms with Gasteiger partial charge in [0, 0.05) is 6.54 Å². The molecule has 0 unspecified atom stereocenters. The van der Waals surface area contributed by atoms with Gasteiger partial charge in [-0.2, -0.15) is 0 Å². The van der Waals surface area contributed by atoms with Crippen LogP contribution in [0.15, 0.2) is 54.6 Å². The monoisotopic (exact) mass is 378 g/mol. The number of hydrogen-bond acceptors (Lipinski definition) is 3. The van der Waals surface area contributed by atoms with Crippen molar-refractivity contribution in [2.45, 2.75) is 37.7 Å². The maximum atomic E-state index is 13.3. The predicted octanol–water partition coefficient (Wildman–Crippen LogP) is 3.36. The molecule has 0 saturated carbocycles. The third-order valence-electron chi connectivity index (χ3n) is 5.79. The van der Waals surface area contributed by atoms with Crippen LogP contribution in [0.4, 0.5) is 0 Å². The minimum Gasteiger partial charge on any atom is -0.483 e. The second kappa shape index (κ2) is 7.66. The molecular formula is C23H26N2O3. The third kappa shape index (κ3) is 3.49. The van der Waals surface area contributed by atoms with Gasteiger partial charge < -0.3 is 15.0 Å². The standard InChI is InChI=1S/C23H26N2O3/c1-2-18(17-9-4-3-5-10-17)22(27)25-14-8-13-23(16-25)15-24-21(26)19-11-6-7-12-20(19)28-23/h3-7,9-12,18H,2,8,13-16H2,1H3,(H,24,26)/t18-,23-/m1/s1. The van der Waals surface area contributed by atoms with Crippen molar-refractivity contribution in [1.82, 2.24) is 10.2 Å². The molecule has 5 heteroatoms. The normalized spacial score (nSPS) is 22.6. The number of ether oxygens (including phenoxy) is 1. The van der Waals surface area contributed by atoms with E-state index in [1.807, 2.05) is 60.4 Å². The van der Waals surface area contributed by atoms with Crippen molar-refractivity contribution in [1.29, 1.82) is 0 Å². The van der Waals surface area contributed by atoms with Crippen LogP contribution in [-0.2, 0) is 4.79 Å². The van der Waals surface area contributed by atoms with Gasteiger partial charge >= 0.3 is 0 Å². The Morgan fingerprint density at radius 1 is 1.18 bits per heavy atom. The number of benzene rings is 2. The number of piperidine rings is 1. The molecule has 2 atom stereocenters. The molecule has 2 aromatic carbocycles. The van der Waals surface area contributed by atoms with E-state index in [0.717, 1.165) is 31.4 Å². The zero-order valence-corrected chi connectivity index (χ0v) is 16.2. The Morgan fingerprint density at radius 2 is 1.93 bits per heavy atom. The van der Waals surface area contributed by atoms with E-state index in [0.29, 0.717) is 24.4 Å². The number of carbonyl (C=O) groups is 2. The Hall–Kier alpha value is -2.82. The minimum atomic E-state index is -0.578. The Morgan fingerprint density at radius 3 is 2.71 bits per heavy atom. The minimum absolute atomic E-state index is 0.119. The van der Waals surface area contributed by atoms with Crippen LogP contribution in [0.1, 0.15) is 48.0 Å². The summed E-state index contributed by atoms with van der Waals surface area (Å²) in [5.41, 5.74) is 1.03. The van der Waals surface area contributed by atoms with Gasteiger partial charge in [-0.3, -0.25) is 9.59 Å². The molecule has 0 radical (unpaired) electrons. The Labute approximate surface area is 165 Å². The summed E-state index contributed by atoms with van der Waals surface area (Å²) in [5.74, 6) is 0.470. The van der Waals surface area contributed by atoms with Gasteiger partial charge in [0.2, 0.25) is 5.91 Å². The number of carbonyl (C=O) groups excluding carboxylic acids is 2. The third-order valence-corrected chi connectivity index (χ3v) is 5.79. The van der Waals surface area contributed by atoms with Gasteiger partial charge in [0.15, 0.2) is 0 Å². The quantitative estimate of drug-likeness (QED) is 0.891. The van der Waals surface area contributed by atoms with Crippen molar-refractivity contribution in [2.75, 3.05) is 19.6 Å². The molecule has 4 rings (SSSR count). The maximum Gasteiger partial charge on any atom is 0.255 e. The molecule has 2 aliphatic rings. The van der Waals surface area contributed by atoms with Crippen molar-refractivity contribution >= 4 is 11.8 Å². The summed E-state index contributed by atoms with van der Waals surface area (Å²) in [6, 6.07) is 17.3. The highest BCUT2D eigenvalue weighted by atomic mass is 16.5. The van der Waals surface area contributed by atoms with Crippen LogP contribution in [0.3, 0.4) is 0 Å². The summed E-state index contributed by atoms with van der Waals surface area (Å²) >= 11 is 0. The topological polar surface area (TPSA) is 58.6 Å². The van der Waals surface area contributed by atoms with Crippen molar-refractivity contribution in [2.24, 2.45) is 0 Å². The smallest absolute Gasteiger partial charge is 0.255 e. The molecular weight excluding hydrogens is 352 g/mol. The number of rotatable bonds is 3. The zero-order valence-electron chi connectivity index (χ0n) is 16.2. The van der Waals surface area contributed by atoms with Crippen LogP contribution < -0.4 is 10.1 Å². The molecule has 1 spiro atoms. The average molecular weight is 378 g/mol. The van der Waals surface area contributed by atoms with E-state index >= 15 is 0 Å². The number of likely N-dealkylation sites (tertiary alicyclic amines) is 1. The van der Waals surface area contributed by atoms with Crippen LogP contribution in [0.25, 0.3) is 0 Å². The summed E-state index contributed by atoms with van der Waals surface area (Å²) in [4.78, 5) is 27.7. The molecule has 28 heavy (non-hydrogen) atoms. The van der Waals surface area contributed by atoms with Gasteiger partial charge in [-0.05, 0) is 37.0 Å². The van der Waals surface area contributed by atoms with E-state index in [1.54, 1.807) is 6.07 Å². The molecule has 2 aliphatic heterocycles. The first kappa shape index (κ1) is 18.5. The van der Waals surface area contributed by atoms with Crippen molar-refractivity contribution in [3.05, 3.63) is 65.7 Å². The lowest BCUT2D eigenvalue weighted by atomic mass is 9.89. The fraction of sp³-hybridized carbons (Fsp3) is 0.391. The van der Waals surface area contributed by atoms with Gasteiger partial charge in [0.25, 0.3) is 5.91 Å². The fourth-order valence-corrected chi connectivity index (χ4v) is 4.32. The highest BCUT2D eigenvalue weighted by molar-refractivity contribution is 5.97. The van der Waals surface area contributed by atoms with Crippen LogP contribution in [0, 0.1) is 0 Å². The Balaban J connectivity index is 1.57. The molecule has 0 aromatic heterocycles. The molecule has 1 N–H and O–H groups in total. The average Bonchev–Trinajstić information content (AvgIpc) is 2.86. The molecule has 0 bridgehead atoms. The van der Waals surface area contributed by atoms with Gasteiger partial charge in [0.05, 0.1) is 24.6 Å². The number of nitrogens with zero attached hydrogens (tertiary/aromatic N) is 1. The number of para-hydroxylation sites is 1. The SMILES string of the molecule is CC[C@@H](C(=O)N1CCC[C@@]2(CNC(=O)c3ccccc3O2)C1)c1ccccc1. The lowest BCUT2D eigenvalue weighted by Crippen LogP contribution is -2.58. The first-order valence-corrected chi connectivity index (χ1v) is 10.0.